The van der Waals surface area contributed by atoms with Gasteiger partial charge in [-0.3, -0.25) is 4.79 Å². The first-order valence-corrected chi connectivity index (χ1v) is 5.44. The Morgan fingerprint density at radius 2 is 1.73 bits per heavy atom. The maximum absolute atomic E-state index is 11.7. The quantitative estimate of drug-likeness (QED) is 0.657. The van der Waals surface area contributed by atoms with Crippen molar-refractivity contribution in [2.24, 2.45) is 0 Å². The summed E-state index contributed by atoms with van der Waals surface area (Å²) < 4.78 is 0. The number of hydrogen-bond acceptors (Lipinski definition) is 1. The average Bonchev–Trinajstić information content (AvgIpc) is 2.26. The van der Waals surface area contributed by atoms with Crippen molar-refractivity contribution in [1.29, 1.82) is 0 Å². The van der Waals surface area contributed by atoms with Gasteiger partial charge in [-0.25, -0.2) is 0 Å². The lowest BCUT2D eigenvalue weighted by Gasteiger charge is -2.02. The molecule has 0 saturated carbocycles. The lowest BCUT2D eigenvalue weighted by Crippen LogP contribution is -1.98. The van der Waals surface area contributed by atoms with Gasteiger partial charge in [-0.05, 0) is 18.9 Å². The molecule has 0 saturated heterocycles. The zero-order chi connectivity index (χ0) is 11.3. The van der Waals surface area contributed by atoms with E-state index >= 15 is 0 Å². The second-order valence-corrected chi connectivity index (χ2v) is 3.88. The molecule has 0 heterocycles. The molecular formula is C14H18O. The topological polar surface area (TPSA) is 17.1 Å². The second-order valence-electron chi connectivity index (χ2n) is 3.88. The Morgan fingerprint density at radius 1 is 1.20 bits per heavy atom. The standard InChI is InChI=1S/C14H18O/c1-4-5-6-14(15)13-9-7-12(8-10-13)11(2)3/h7-10H,2,4-6H2,1,3H3. The van der Waals surface area contributed by atoms with Crippen LogP contribution in [0.5, 0.6) is 0 Å². The monoisotopic (exact) mass is 202 g/mol. The van der Waals surface area contributed by atoms with E-state index in [0.29, 0.717) is 6.42 Å². The number of allylic oxidation sites excluding steroid dienone is 1. The molecule has 0 spiro atoms. The van der Waals surface area contributed by atoms with Gasteiger partial charge >= 0.3 is 0 Å². The molecule has 0 aliphatic carbocycles. The molecule has 1 rings (SSSR count). The molecule has 1 nitrogen and oxygen atoms in total. The number of carbonyl (C=O) groups excluding carboxylic acids is 1. The molecule has 80 valence electrons. The number of ketones is 1. The van der Waals surface area contributed by atoms with Crippen LogP contribution in [-0.2, 0) is 0 Å². The summed E-state index contributed by atoms with van der Waals surface area (Å²) in [6.07, 6.45) is 2.69. The van der Waals surface area contributed by atoms with E-state index in [1.54, 1.807) is 0 Å². The fourth-order valence-electron chi connectivity index (χ4n) is 1.42. The normalized spacial score (nSPS) is 10.0. The molecule has 0 aliphatic rings. The van der Waals surface area contributed by atoms with Gasteiger partial charge in [0.15, 0.2) is 5.78 Å². The van der Waals surface area contributed by atoms with Crippen molar-refractivity contribution >= 4 is 11.4 Å². The number of unbranched alkanes of at least 4 members (excludes halogenated alkanes) is 1. The zero-order valence-electron chi connectivity index (χ0n) is 9.55. The Morgan fingerprint density at radius 3 is 2.20 bits per heavy atom. The van der Waals surface area contributed by atoms with Crippen molar-refractivity contribution in [3.05, 3.63) is 42.0 Å². The molecule has 0 aromatic heterocycles. The molecule has 0 fully saturated rings. The van der Waals surface area contributed by atoms with Crippen LogP contribution in [-0.4, -0.2) is 5.78 Å². The van der Waals surface area contributed by atoms with Crippen molar-refractivity contribution in [1.82, 2.24) is 0 Å². The maximum Gasteiger partial charge on any atom is 0.162 e. The van der Waals surface area contributed by atoms with Crippen molar-refractivity contribution in [2.45, 2.75) is 33.1 Å². The van der Waals surface area contributed by atoms with Crippen LogP contribution in [0.1, 0.15) is 49.0 Å². The van der Waals surface area contributed by atoms with E-state index in [-0.39, 0.29) is 5.78 Å². The van der Waals surface area contributed by atoms with Gasteiger partial charge in [-0.15, -0.1) is 0 Å². The number of rotatable bonds is 5. The lowest BCUT2D eigenvalue weighted by atomic mass is 10.0. The molecule has 0 N–H and O–H groups in total. The largest absolute Gasteiger partial charge is 0.294 e. The summed E-state index contributed by atoms with van der Waals surface area (Å²) in [5.74, 6) is 0.241. The zero-order valence-corrected chi connectivity index (χ0v) is 9.55. The van der Waals surface area contributed by atoms with Crippen molar-refractivity contribution in [3.63, 3.8) is 0 Å². The minimum Gasteiger partial charge on any atom is -0.294 e. The number of Topliss-reactive ketones (excluding diaryl/α,β-unsaturated/α-hetero) is 1. The van der Waals surface area contributed by atoms with E-state index < -0.39 is 0 Å². The second kappa shape index (κ2) is 5.50. The Kier molecular flexibility index (Phi) is 4.29. The third-order valence-electron chi connectivity index (χ3n) is 2.46. The van der Waals surface area contributed by atoms with E-state index in [2.05, 4.69) is 13.5 Å². The van der Waals surface area contributed by atoms with E-state index in [4.69, 9.17) is 0 Å². The van der Waals surface area contributed by atoms with Crippen molar-refractivity contribution in [2.75, 3.05) is 0 Å². The number of benzene rings is 1. The van der Waals surface area contributed by atoms with E-state index in [0.717, 1.165) is 29.5 Å². The molecule has 0 aliphatic heterocycles. The number of hydrogen-bond donors (Lipinski definition) is 0. The Bertz CT molecular complexity index is 346. The smallest absolute Gasteiger partial charge is 0.162 e. The third-order valence-corrected chi connectivity index (χ3v) is 2.46. The van der Waals surface area contributed by atoms with Gasteiger partial charge in [0, 0.05) is 12.0 Å². The lowest BCUT2D eigenvalue weighted by molar-refractivity contribution is 0.0980. The molecule has 0 atom stereocenters. The minimum atomic E-state index is 0.241. The highest BCUT2D eigenvalue weighted by molar-refractivity contribution is 5.96. The van der Waals surface area contributed by atoms with Crippen molar-refractivity contribution < 1.29 is 4.79 Å². The first-order chi connectivity index (χ1) is 7.15. The molecular weight excluding hydrogens is 184 g/mol. The summed E-state index contributed by atoms with van der Waals surface area (Å²) in [6, 6.07) is 7.70. The fourth-order valence-corrected chi connectivity index (χ4v) is 1.42. The molecule has 0 bridgehead atoms. The van der Waals surface area contributed by atoms with Crippen LogP contribution in [0, 0.1) is 0 Å². The number of carbonyl (C=O) groups is 1. The van der Waals surface area contributed by atoms with Gasteiger partial charge in [0.05, 0.1) is 0 Å². The van der Waals surface area contributed by atoms with Gasteiger partial charge in [-0.2, -0.15) is 0 Å². The Balaban J connectivity index is 2.71. The van der Waals surface area contributed by atoms with E-state index in [9.17, 15) is 4.79 Å². The molecule has 0 unspecified atom stereocenters. The average molecular weight is 202 g/mol. The first kappa shape index (κ1) is 11.7. The highest BCUT2D eigenvalue weighted by Crippen LogP contribution is 2.14. The summed E-state index contributed by atoms with van der Waals surface area (Å²) in [7, 11) is 0. The van der Waals surface area contributed by atoms with Gasteiger partial charge in [0.25, 0.3) is 0 Å². The third kappa shape index (κ3) is 3.35. The van der Waals surface area contributed by atoms with Gasteiger partial charge in [0.2, 0.25) is 0 Å². The van der Waals surface area contributed by atoms with E-state index in [1.807, 2.05) is 31.2 Å². The predicted octanol–water partition coefficient (Wildman–Crippen LogP) is 4.09. The molecule has 1 aromatic carbocycles. The van der Waals surface area contributed by atoms with Crippen LogP contribution < -0.4 is 0 Å². The SMILES string of the molecule is C=C(C)c1ccc(C(=O)CCCC)cc1. The molecule has 0 radical (unpaired) electrons. The van der Waals surface area contributed by atoms with Crippen LogP contribution in [0.15, 0.2) is 30.8 Å². The van der Waals surface area contributed by atoms with Gasteiger partial charge in [-0.1, -0.05) is 49.8 Å². The summed E-state index contributed by atoms with van der Waals surface area (Å²) >= 11 is 0. The Labute approximate surface area is 91.8 Å². The van der Waals surface area contributed by atoms with Crippen LogP contribution in [0.3, 0.4) is 0 Å². The van der Waals surface area contributed by atoms with Crippen LogP contribution in [0.2, 0.25) is 0 Å². The van der Waals surface area contributed by atoms with Gasteiger partial charge in [0.1, 0.15) is 0 Å². The summed E-state index contributed by atoms with van der Waals surface area (Å²) in [4.78, 5) is 11.7. The predicted molar refractivity (Wildman–Crippen MR) is 65.0 cm³/mol. The van der Waals surface area contributed by atoms with Crippen molar-refractivity contribution in [3.8, 4) is 0 Å². The summed E-state index contributed by atoms with van der Waals surface area (Å²) in [5, 5.41) is 0. The highest BCUT2D eigenvalue weighted by atomic mass is 16.1. The highest BCUT2D eigenvalue weighted by Gasteiger charge is 2.04. The first-order valence-electron chi connectivity index (χ1n) is 5.44. The van der Waals surface area contributed by atoms with Crippen LogP contribution >= 0.6 is 0 Å². The Hall–Kier alpha value is -1.37. The fraction of sp³-hybridized carbons (Fsp3) is 0.357. The van der Waals surface area contributed by atoms with E-state index in [1.165, 1.54) is 0 Å². The molecule has 15 heavy (non-hydrogen) atoms. The summed E-state index contributed by atoms with van der Waals surface area (Å²) in [6.45, 7) is 7.93. The minimum absolute atomic E-state index is 0.241. The molecule has 1 aromatic rings. The van der Waals surface area contributed by atoms with Gasteiger partial charge < -0.3 is 0 Å². The molecule has 0 amide bonds. The van der Waals surface area contributed by atoms with Crippen LogP contribution in [0.4, 0.5) is 0 Å². The van der Waals surface area contributed by atoms with Crippen LogP contribution in [0.25, 0.3) is 5.57 Å². The molecule has 1 heteroatoms. The maximum atomic E-state index is 11.7. The summed E-state index contributed by atoms with van der Waals surface area (Å²) in [5.41, 5.74) is 2.94.